The van der Waals surface area contributed by atoms with E-state index in [-0.39, 0.29) is 5.91 Å². The van der Waals surface area contributed by atoms with E-state index in [1.807, 2.05) is 39.7 Å². The molecule has 0 N–H and O–H groups in total. The monoisotopic (exact) mass is 392 g/mol. The predicted octanol–water partition coefficient (Wildman–Crippen LogP) is 2.77. The highest BCUT2D eigenvalue weighted by atomic mass is 16.2. The molecule has 1 amide bonds. The van der Waals surface area contributed by atoms with E-state index in [1.165, 1.54) is 0 Å². The van der Waals surface area contributed by atoms with E-state index in [9.17, 15) is 4.79 Å². The Balaban J connectivity index is 1.58. The molecular weight excluding hydrogens is 364 g/mol. The molecule has 7 nitrogen and oxygen atoms in total. The number of hydrogen-bond donors (Lipinski definition) is 0. The summed E-state index contributed by atoms with van der Waals surface area (Å²) in [6, 6.07) is 9.53. The summed E-state index contributed by atoms with van der Waals surface area (Å²) in [6.07, 6.45) is 2.52. The summed E-state index contributed by atoms with van der Waals surface area (Å²) in [6.45, 7) is 10.9. The molecule has 0 unspecified atom stereocenters. The minimum atomic E-state index is 0.00647. The number of carbonyl (C=O) groups is 1. The van der Waals surface area contributed by atoms with Crippen LogP contribution in [-0.2, 0) is 6.42 Å². The lowest BCUT2D eigenvalue weighted by Gasteiger charge is -2.35. The van der Waals surface area contributed by atoms with Gasteiger partial charge in [0.1, 0.15) is 11.4 Å². The number of carbonyl (C=O) groups excluding carboxylic acids is 1. The fourth-order valence-electron chi connectivity index (χ4n) is 3.85. The Labute approximate surface area is 171 Å². The summed E-state index contributed by atoms with van der Waals surface area (Å²) in [7, 11) is 0. The second-order valence-corrected chi connectivity index (χ2v) is 7.99. The first kappa shape index (κ1) is 19.5. The zero-order chi connectivity index (χ0) is 20.4. The second kappa shape index (κ2) is 8.29. The largest absolute Gasteiger partial charge is 0.335 e. The molecule has 0 saturated carbocycles. The standard InChI is InChI=1S/C22H28N6O/c1-4-17-13-20(22(29)27-11-9-26(10-12-27)15-16(2)3)24-21-14-19(25-28(17)21)18-7-5-6-8-23-18/h5-8,13-14,16H,4,9-12,15H2,1-3H3. The highest BCUT2D eigenvalue weighted by molar-refractivity contribution is 5.93. The van der Waals surface area contributed by atoms with Gasteiger partial charge in [0.05, 0.1) is 5.69 Å². The number of piperazine rings is 1. The van der Waals surface area contributed by atoms with E-state index in [2.05, 4.69) is 40.7 Å². The van der Waals surface area contributed by atoms with Gasteiger partial charge in [0.15, 0.2) is 5.65 Å². The van der Waals surface area contributed by atoms with Crippen LogP contribution < -0.4 is 0 Å². The van der Waals surface area contributed by atoms with Crippen LogP contribution >= 0.6 is 0 Å². The molecule has 0 aromatic carbocycles. The Kier molecular flexibility index (Phi) is 5.58. The van der Waals surface area contributed by atoms with E-state index < -0.39 is 0 Å². The van der Waals surface area contributed by atoms with Crippen molar-refractivity contribution >= 4 is 11.6 Å². The summed E-state index contributed by atoms with van der Waals surface area (Å²) in [5.74, 6) is 0.649. The number of aryl methyl sites for hydroxylation is 1. The Morgan fingerprint density at radius 1 is 1.10 bits per heavy atom. The first-order valence-corrected chi connectivity index (χ1v) is 10.4. The maximum Gasteiger partial charge on any atom is 0.272 e. The summed E-state index contributed by atoms with van der Waals surface area (Å²) >= 11 is 0. The Hall–Kier alpha value is -2.80. The molecule has 29 heavy (non-hydrogen) atoms. The van der Waals surface area contributed by atoms with Crippen molar-refractivity contribution in [1.29, 1.82) is 0 Å². The molecule has 4 rings (SSSR count). The van der Waals surface area contributed by atoms with Gasteiger partial charge in [-0.1, -0.05) is 26.8 Å². The number of rotatable bonds is 5. The van der Waals surface area contributed by atoms with Crippen molar-refractivity contribution in [3.8, 4) is 11.4 Å². The molecular formula is C22H28N6O. The van der Waals surface area contributed by atoms with Crippen molar-refractivity contribution in [2.75, 3.05) is 32.7 Å². The quantitative estimate of drug-likeness (QED) is 0.668. The van der Waals surface area contributed by atoms with E-state index in [0.29, 0.717) is 17.3 Å². The van der Waals surface area contributed by atoms with Gasteiger partial charge in [-0.2, -0.15) is 5.10 Å². The van der Waals surface area contributed by atoms with E-state index in [0.717, 1.165) is 56.2 Å². The average Bonchev–Trinajstić information content (AvgIpc) is 3.17. The predicted molar refractivity (Wildman–Crippen MR) is 113 cm³/mol. The normalized spacial score (nSPS) is 15.4. The minimum absolute atomic E-state index is 0.00647. The molecule has 0 bridgehead atoms. The lowest BCUT2D eigenvalue weighted by atomic mass is 10.2. The number of fused-ring (bicyclic) bond motifs is 1. The molecule has 0 radical (unpaired) electrons. The SMILES string of the molecule is CCc1cc(C(=O)N2CCN(CC(C)C)CC2)nc2cc(-c3ccccn3)nn12. The van der Waals surface area contributed by atoms with Gasteiger partial charge >= 0.3 is 0 Å². The minimum Gasteiger partial charge on any atom is -0.335 e. The van der Waals surface area contributed by atoms with Crippen LogP contribution in [0.3, 0.4) is 0 Å². The van der Waals surface area contributed by atoms with Crippen LogP contribution in [0.15, 0.2) is 36.5 Å². The molecule has 1 fully saturated rings. The third kappa shape index (κ3) is 4.15. The van der Waals surface area contributed by atoms with Crippen LogP contribution in [0.4, 0.5) is 0 Å². The zero-order valence-electron chi connectivity index (χ0n) is 17.4. The van der Waals surface area contributed by atoms with Crippen molar-refractivity contribution in [3.63, 3.8) is 0 Å². The molecule has 3 aromatic rings. The zero-order valence-corrected chi connectivity index (χ0v) is 17.4. The van der Waals surface area contributed by atoms with Gasteiger partial charge in [-0.25, -0.2) is 9.50 Å². The van der Waals surface area contributed by atoms with Crippen molar-refractivity contribution in [3.05, 3.63) is 47.9 Å². The van der Waals surface area contributed by atoms with Gasteiger partial charge in [0.2, 0.25) is 0 Å². The van der Waals surface area contributed by atoms with Crippen LogP contribution in [0, 0.1) is 5.92 Å². The van der Waals surface area contributed by atoms with Crippen molar-refractivity contribution in [2.24, 2.45) is 5.92 Å². The molecule has 1 aliphatic heterocycles. The maximum absolute atomic E-state index is 13.1. The highest BCUT2D eigenvalue weighted by Gasteiger charge is 2.24. The molecule has 3 aromatic heterocycles. The number of pyridine rings is 1. The topological polar surface area (TPSA) is 66.6 Å². The lowest BCUT2D eigenvalue weighted by Crippen LogP contribution is -2.49. The van der Waals surface area contributed by atoms with Crippen molar-refractivity contribution in [2.45, 2.75) is 27.2 Å². The van der Waals surface area contributed by atoms with Gasteiger partial charge in [-0.3, -0.25) is 14.7 Å². The Bertz CT molecular complexity index is 989. The van der Waals surface area contributed by atoms with Gasteiger partial charge in [0, 0.05) is 50.7 Å². The number of hydrogen-bond acceptors (Lipinski definition) is 5. The molecule has 0 aliphatic carbocycles. The summed E-state index contributed by atoms with van der Waals surface area (Å²) in [5, 5.41) is 4.66. The summed E-state index contributed by atoms with van der Waals surface area (Å²) in [5.41, 5.74) is 3.72. The number of nitrogens with zero attached hydrogens (tertiary/aromatic N) is 6. The number of aromatic nitrogens is 4. The average molecular weight is 393 g/mol. The summed E-state index contributed by atoms with van der Waals surface area (Å²) in [4.78, 5) is 26.5. The molecule has 1 aliphatic rings. The van der Waals surface area contributed by atoms with Gasteiger partial charge < -0.3 is 4.90 Å². The van der Waals surface area contributed by atoms with Gasteiger partial charge in [0.25, 0.3) is 5.91 Å². The molecule has 0 atom stereocenters. The maximum atomic E-state index is 13.1. The Morgan fingerprint density at radius 2 is 1.90 bits per heavy atom. The van der Waals surface area contributed by atoms with Crippen molar-refractivity contribution < 1.29 is 4.79 Å². The van der Waals surface area contributed by atoms with Crippen LogP contribution in [0.25, 0.3) is 17.0 Å². The van der Waals surface area contributed by atoms with E-state index in [4.69, 9.17) is 0 Å². The van der Waals surface area contributed by atoms with E-state index in [1.54, 1.807) is 6.20 Å². The van der Waals surface area contributed by atoms with Crippen LogP contribution in [0.2, 0.25) is 0 Å². The first-order chi connectivity index (χ1) is 14.0. The number of amides is 1. The Morgan fingerprint density at radius 3 is 2.55 bits per heavy atom. The third-order valence-electron chi connectivity index (χ3n) is 5.29. The third-order valence-corrected chi connectivity index (χ3v) is 5.29. The summed E-state index contributed by atoms with van der Waals surface area (Å²) < 4.78 is 1.82. The molecule has 0 spiro atoms. The van der Waals surface area contributed by atoms with Gasteiger partial charge in [-0.15, -0.1) is 0 Å². The van der Waals surface area contributed by atoms with Crippen LogP contribution in [0.5, 0.6) is 0 Å². The highest BCUT2D eigenvalue weighted by Crippen LogP contribution is 2.19. The molecule has 7 heteroatoms. The smallest absolute Gasteiger partial charge is 0.272 e. The molecule has 152 valence electrons. The fraction of sp³-hybridized carbons (Fsp3) is 0.455. The second-order valence-electron chi connectivity index (χ2n) is 7.99. The fourth-order valence-corrected chi connectivity index (χ4v) is 3.85. The first-order valence-electron chi connectivity index (χ1n) is 10.4. The van der Waals surface area contributed by atoms with Crippen LogP contribution in [-0.4, -0.2) is 68.0 Å². The van der Waals surface area contributed by atoms with E-state index >= 15 is 0 Å². The van der Waals surface area contributed by atoms with Crippen molar-refractivity contribution in [1.82, 2.24) is 29.4 Å². The van der Waals surface area contributed by atoms with Gasteiger partial charge in [-0.05, 0) is 30.5 Å². The lowest BCUT2D eigenvalue weighted by molar-refractivity contribution is 0.0618. The van der Waals surface area contributed by atoms with Crippen LogP contribution in [0.1, 0.15) is 37.0 Å². The molecule has 4 heterocycles. The molecule has 1 saturated heterocycles.